The van der Waals surface area contributed by atoms with E-state index in [2.05, 4.69) is 56.5 Å². The molecule has 1 saturated heterocycles. The van der Waals surface area contributed by atoms with E-state index >= 15 is 0 Å². The first-order valence-corrected chi connectivity index (χ1v) is 12.0. The van der Waals surface area contributed by atoms with E-state index in [1.165, 1.54) is 49.3 Å². The summed E-state index contributed by atoms with van der Waals surface area (Å²) in [7, 11) is 0. The van der Waals surface area contributed by atoms with E-state index in [4.69, 9.17) is 4.98 Å². The van der Waals surface area contributed by atoms with E-state index in [-0.39, 0.29) is 0 Å². The molecule has 1 aliphatic carbocycles. The molecule has 2 fully saturated rings. The summed E-state index contributed by atoms with van der Waals surface area (Å²) in [5.74, 6) is 4.20. The van der Waals surface area contributed by atoms with Crippen LogP contribution in [-0.4, -0.2) is 47.1 Å². The fourth-order valence-corrected chi connectivity index (χ4v) is 5.49. The van der Waals surface area contributed by atoms with Crippen LogP contribution in [0, 0.1) is 0 Å². The van der Waals surface area contributed by atoms with Gasteiger partial charge in [-0.1, -0.05) is 31.4 Å². The molecule has 0 amide bonds. The number of rotatable bonds is 4. The SMILES string of the molecule is C1=Cc2cnc(Nc3ccc(N4CCSCC4)cc3)nc2N(C2CCCCC2)C1. The zero-order valence-corrected chi connectivity index (χ0v) is 17.7. The summed E-state index contributed by atoms with van der Waals surface area (Å²) in [6.07, 6.45) is 12.9. The first-order valence-electron chi connectivity index (χ1n) is 10.9. The highest BCUT2D eigenvalue weighted by molar-refractivity contribution is 7.99. The Balaban J connectivity index is 1.32. The number of nitrogens with one attached hydrogen (secondary N) is 1. The molecular formula is C23H29N5S. The number of nitrogens with zero attached hydrogens (tertiary/aromatic N) is 4. The van der Waals surface area contributed by atoms with Gasteiger partial charge in [0.05, 0.1) is 0 Å². The van der Waals surface area contributed by atoms with Crippen molar-refractivity contribution in [3.05, 3.63) is 42.1 Å². The number of thioether (sulfide) groups is 1. The second kappa shape index (κ2) is 8.66. The fraction of sp³-hybridized carbons (Fsp3) is 0.478. The molecule has 2 aliphatic heterocycles. The normalized spacial score (nSPS) is 19.9. The van der Waals surface area contributed by atoms with E-state index in [0.29, 0.717) is 12.0 Å². The molecule has 1 N–H and O–H groups in total. The molecular weight excluding hydrogens is 378 g/mol. The third kappa shape index (κ3) is 4.22. The third-order valence-electron chi connectivity index (χ3n) is 6.18. The van der Waals surface area contributed by atoms with Crippen LogP contribution in [0.4, 0.5) is 23.1 Å². The van der Waals surface area contributed by atoms with Crippen LogP contribution in [0.15, 0.2) is 36.5 Å². The van der Waals surface area contributed by atoms with Crippen molar-refractivity contribution in [2.24, 2.45) is 0 Å². The molecule has 0 spiro atoms. The number of anilines is 4. The van der Waals surface area contributed by atoms with Gasteiger partial charge in [-0.3, -0.25) is 0 Å². The Labute approximate surface area is 177 Å². The summed E-state index contributed by atoms with van der Waals surface area (Å²) in [4.78, 5) is 14.4. The molecule has 5 nitrogen and oxygen atoms in total. The Morgan fingerprint density at radius 2 is 1.79 bits per heavy atom. The minimum atomic E-state index is 0.609. The Kier molecular flexibility index (Phi) is 5.61. The first kappa shape index (κ1) is 18.8. The van der Waals surface area contributed by atoms with Crippen LogP contribution in [0.3, 0.4) is 0 Å². The second-order valence-electron chi connectivity index (χ2n) is 8.09. The lowest BCUT2D eigenvalue weighted by Crippen LogP contribution is -2.39. The van der Waals surface area contributed by atoms with Gasteiger partial charge in [0.25, 0.3) is 0 Å². The van der Waals surface area contributed by atoms with E-state index in [9.17, 15) is 0 Å². The summed E-state index contributed by atoms with van der Waals surface area (Å²) < 4.78 is 0. The molecule has 1 aromatic heterocycles. The molecule has 6 heteroatoms. The lowest BCUT2D eigenvalue weighted by molar-refractivity contribution is 0.419. The largest absolute Gasteiger partial charge is 0.370 e. The molecule has 0 radical (unpaired) electrons. The lowest BCUT2D eigenvalue weighted by Gasteiger charge is -2.37. The van der Waals surface area contributed by atoms with Crippen molar-refractivity contribution in [1.82, 2.24) is 9.97 Å². The number of aromatic nitrogens is 2. The number of hydrogen-bond donors (Lipinski definition) is 1. The molecule has 29 heavy (non-hydrogen) atoms. The van der Waals surface area contributed by atoms with Crippen molar-refractivity contribution < 1.29 is 0 Å². The quantitative estimate of drug-likeness (QED) is 0.774. The maximum atomic E-state index is 4.92. The molecule has 0 unspecified atom stereocenters. The average Bonchev–Trinajstić information content (AvgIpc) is 2.80. The van der Waals surface area contributed by atoms with Crippen molar-refractivity contribution in [1.29, 1.82) is 0 Å². The molecule has 3 heterocycles. The van der Waals surface area contributed by atoms with Crippen molar-refractivity contribution in [3.63, 3.8) is 0 Å². The van der Waals surface area contributed by atoms with Crippen LogP contribution in [0.1, 0.15) is 37.7 Å². The van der Waals surface area contributed by atoms with E-state index in [1.807, 2.05) is 18.0 Å². The first-order chi connectivity index (χ1) is 14.4. The Bertz CT molecular complexity index is 854. The molecule has 0 atom stereocenters. The minimum absolute atomic E-state index is 0.609. The number of benzene rings is 1. The molecule has 1 aromatic carbocycles. The summed E-state index contributed by atoms with van der Waals surface area (Å²) >= 11 is 2.04. The van der Waals surface area contributed by atoms with Gasteiger partial charge in [0, 0.05) is 60.3 Å². The van der Waals surface area contributed by atoms with Crippen LogP contribution < -0.4 is 15.1 Å². The highest BCUT2D eigenvalue weighted by Crippen LogP contribution is 2.32. The fourth-order valence-electron chi connectivity index (χ4n) is 4.59. The summed E-state index contributed by atoms with van der Waals surface area (Å²) in [5, 5.41) is 3.41. The molecule has 5 rings (SSSR count). The summed E-state index contributed by atoms with van der Waals surface area (Å²) in [6, 6.07) is 9.29. The van der Waals surface area contributed by atoms with Gasteiger partial charge in [-0.15, -0.1) is 0 Å². The highest BCUT2D eigenvalue weighted by atomic mass is 32.2. The third-order valence-corrected chi connectivity index (χ3v) is 7.13. The van der Waals surface area contributed by atoms with Crippen LogP contribution in [0.2, 0.25) is 0 Å². The van der Waals surface area contributed by atoms with Crippen molar-refractivity contribution >= 4 is 41.0 Å². The zero-order chi connectivity index (χ0) is 19.5. The minimum Gasteiger partial charge on any atom is -0.370 e. The average molecular weight is 408 g/mol. The summed E-state index contributed by atoms with van der Waals surface area (Å²) in [6.45, 7) is 3.22. The van der Waals surface area contributed by atoms with Gasteiger partial charge in [-0.25, -0.2) is 4.98 Å². The predicted octanol–water partition coefficient (Wildman–Crippen LogP) is 4.94. The van der Waals surface area contributed by atoms with Gasteiger partial charge in [0.2, 0.25) is 5.95 Å². The zero-order valence-electron chi connectivity index (χ0n) is 16.9. The van der Waals surface area contributed by atoms with Gasteiger partial charge in [0.15, 0.2) is 0 Å². The van der Waals surface area contributed by atoms with Crippen LogP contribution in [-0.2, 0) is 0 Å². The van der Waals surface area contributed by atoms with Crippen molar-refractivity contribution in [2.75, 3.05) is 46.3 Å². The molecule has 0 bridgehead atoms. The maximum absolute atomic E-state index is 4.92. The van der Waals surface area contributed by atoms with Gasteiger partial charge in [-0.2, -0.15) is 16.7 Å². The smallest absolute Gasteiger partial charge is 0.229 e. The van der Waals surface area contributed by atoms with E-state index in [0.717, 1.165) is 36.7 Å². The summed E-state index contributed by atoms with van der Waals surface area (Å²) in [5.41, 5.74) is 3.47. The van der Waals surface area contributed by atoms with Crippen LogP contribution in [0.5, 0.6) is 0 Å². The topological polar surface area (TPSA) is 44.3 Å². The standard InChI is InChI=1S/C23H29N5S/c1-2-6-21(7-3-1)28-12-4-5-18-17-24-23(26-22(18)28)25-19-8-10-20(11-9-19)27-13-15-29-16-14-27/h4-5,8-11,17,21H,1-3,6-7,12-16H2,(H,24,25,26). The van der Waals surface area contributed by atoms with Gasteiger partial charge < -0.3 is 15.1 Å². The van der Waals surface area contributed by atoms with Crippen molar-refractivity contribution in [3.8, 4) is 0 Å². The highest BCUT2D eigenvalue weighted by Gasteiger charge is 2.25. The van der Waals surface area contributed by atoms with Crippen molar-refractivity contribution in [2.45, 2.75) is 38.1 Å². The van der Waals surface area contributed by atoms with Gasteiger partial charge in [0.1, 0.15) is 5.82 Å². The van der Waals surface area contributed by atoms with E-state index in [1.54, 1.807) is 0 Å². The number of hydrogen-bond acceptors (Lipinski definition) is 6. The molecule has 3 aliphatic rings. The van der Waals surface area contributed by atoms with Crippen LogP contribution >= 0.6 is 11.8 Å². The Morgan fingerprint density at radius 1 is 1.00 bits per heavy atom. The lowest BCUT2D eigenvalue weighted by atomic mass is 9.93. The predicted molar refractivity (Wildman–Crippen MR) is 125 cm³/mol. The molecule has 2 aromatic rings. The second-order valence-corrected chi connectivity index (χ2v) is 9.32. The van der Waals surface area contributed by atoms with Crippen LogP contribution in [0.25, 0.3) is 6.08 Å². The van der Waals surface area contributed by atoms with E-state index < -0.39 is 0 Å². The molecule has 152 valence electrons. The van der Waals surface area contributed by atoms with Gasteiger partial charge >= 0.3 is 0 Å². The molecule has 1 saturated carbocycles. The monoisotopic (exact) mass is 407 g/mol. The Hall–Kier alpha value is -2.21. The maximum Gasteiger partial charge on any atom is 0.229 e. The Morgan fingerprint density at radius 3 is 2.59 bits per heavy atom. The van der Waals surface area contributed by atoms with Gasteiger partial charge in [-0.05, 0) is 37.1 Å². The number of fused-ring (bicyclic) bond motifs is 1.